The fraction of sp³-hybridized carbons (Fsp3) is 0.636. The molecular weight excluding hydrogens is 206 g/mol. The van der Waals surface area contributed by atoms with Gasteiger partial charge in [0.2, 0.25) is 0 Å². The smallest absolute Gasteiger partial charge is 0.329 e. The molecule has 0 amide bonds. The van der Waals surface area contributed by atoms with Gasteiger partial charge in [0.05, 0.1) is 24.8 Å². The van der Waals surface area contributed by atoms with Crippen LogP contribution < -0.4 is 0 Å². The van der Waals surface area contributed by atoms with Crippen LogP contribution >= 0.6 is 0 Å². The van der Waals surface area contributed by atoms with Gasteiger partial charge in [0.1, 0.15) is 0 Å². The lowest BCUT2D eigenvalue weighted by atomic mass is 9.96. The first kappa shape index (κ1) is 12.0. The summed E-state index contributed by atoms with van der Waals surface area (Å²) in [6.45, 7) is 4.84. The Morgan fingerprint density at radius 3 is 1.94 bits per heavy atom. The van der Waals surface area contributed by atoms with Crippen molar-refractivity contribution in [3.8, 4) is 18.2 Å². The van der Waals surface area contributed by atoms with Crippen LogP contribution in [0.3, 0.4) is 0 Å². The molecule has 0 aromatic carbocycles. The van der Waals surface area contributed by atoms with Crippen molar-refractivity contribution < 1.29 is 9.53 Å². The van der Waals surface area contributed by atoms with Gasteiger partial charge < -0.3 is 4.74 Å². The number of rotatable bonds is 2. The summed E-state index contributed by atoms with van der Waals surface area (Å²) < 4.78 is 4.79. The van der Waals surface area contributed by atoms with Gasteiger partial charge in [-0.15, -0.1) is 0 Å². The Kier molecular flexibility index (Phi) is 2.42. The zero-order valence-electron chi connectivity index (χ0n) is 9.37. The van der Waals surface area contributed by atoms with Crippen molar-refractivity contribution in [2.24, 2.45) is 16.2 Å². The summed E-state index contributed by atoms with van der Waals surface area (Å²) in [6, 6.07) is 5.38. The lowest BCUT2D eigenvalue weighted by Gasteiger charge is -2.08. The maximum atomic E-state index is 11.8. The lowest BCUT2D eigenvalue weighted by molar-refractivity contribution is -0.149. The first-order valence-corrected chi connectivity index (χ1v) is 4.82. The Hall–Kier alpha value is -2.06. The van der Waals surface area contributed by atoms with Crippen molar-refractivity contribution in [1.82, 2.24) is 0 Å². The molecule has 0 bridgehead atoms. The van der Waals surface area contributed by atoms with E-state index in [1.807, 2.05) is 0 Å². The average molecular weight is 217 g/mol. The van der Waals surface area contributed by atoms with Crippen LogP contribution in [-0.2, 0) is 9.53 Å². The number of ether oxygens (including phenoxy) is 1. The minimum absolute atomic E-state index is 0.116. The van der Waals surface area contributed by atoms with Crippen LogP contribution in [-0.4, -0.2) is 12.6 Å². The summed E-state index contributed by atoms with van der Waals surface area (Å²) in [4.78, 5) is 11.8. The molecule has 1 saturated carbocycles. The molecule has 0 spiro atoms. The number of esters is 1. The highest BCUT2D eigenvalue weighted by molar-refractivity contribution is 5.90. The van der Waals surface area contributed by atoms with Crippen molar-refractivity contribution in [3.63, 3.8) is 0 Å². The minimum atomic E-state index is -1.67. The van der Waals surface area contributed by atoms with Crippen LogP contribution in [0.25, 0.3) is 0 Å². The van der Waals surface area contributed by atoms with E-state index >= 15 is 0 Å². The van der Waals surface area contributed by atoms with Gasteiger partial charge in [-0.25, -0.2) is 0 Å². The van der Waals surface area contributed by atoms with E-state index in [-0.39, 0.29) is 6.61 Å². The van der Waals surface area contributed by atoms with Crippen LogP contribution in [0.1, 0.15) is 20.8 Å². The minimum Gasteiger partial charge on any atom is -0.465 e. The molecule has 0 unspecified atom stereocenters. The zero-order chi connectivity index (χ0) is 12.6. The maximum absolute atomic E-state index is 11.8. The lowest BCUT2D eigenvalue weighted by Crippen LogP contribution is -2.25. The zero-order valence-corrected chi connectivity index (χ0v) is 9.37. The molecule has 0 radical (unpaired) electrons. The maximum Gasteiger partial charge on any atom is 0.329 e. The van der Waals surface area contributed by atoms with Crippen molar-refractivity contribution in [2.75, 3.05) is 6.61 Å². The second-order valence-corrected chi connectivity index (χ2v) is 4.18. The first-order chi connectivity index (χ1) is 7.41. The molecule has 1 fully saturated rings. The fourth-order valence-corrected chi connectivity index (χ4v) is 2.26. The second-order valence-electron chi connectivity index (χ2n) is 4.18. The second kappa shape index (κ2) is 3.22. The van der Waals surface area contributed by atoms with Crippen molar-refractivity contribution in [3.05, 3.63) is 0 Å². The molecule has 0 aromatic heterocycles. The SMILES string of the molecule is CCOC(=O)[C@]1(C#N)C(C)(C)C1(C#N)C#N. The van der Waals surface area contributed by atoms with E-state index in [2.05, 4.69) is 0 Å². The Bertz CT molecular complexity index is 447. The van der Waals surface area contributed by atoms with Gasteiger partial charge >= 0.3 is 5.97 Å². The molecule has 1 aliphatic carbocycles. The van der Waals surface area contributed by atoms with Crippen LogP contribution in [0, 0.1) is 50.2 Å². The quantitative estimate of drug-likeness (QED) is 0.646. The molecule has 0 N–H and O–H groups in total. The number of carbonyl (C=O) groups excluding carboxylic acids is 1. The average Bonchev–Trinajstić information content (AvgIpc) is 2.70. The van der Waals surface area contributed by atoms with Crippen molar-refractivity contribution in [2.45, 2.75) is 20.8 Å². The van der Waals surface area contributed by atoms with E-state index in [4.69, 9.17) is 20.5 Å². The van der Waals surface area contributed by atoms with E-state index in [1.165, 1.54) is 0 Å². The molecule has 1 rings (SSSR count). The van der Waals surface area contributed by atoms with E-state index < -0.39 is 22.2 Å². The molecule has 82 valence electrons. The van der Waals surface area contributed by atoms with Gasteiger partial charge in [0.25, 0.3) is 0 Å². The number of carbonyl (C=O) groups is 1. The third-order valence-corrected chi connectivity index (χ3v) is 3.46. The van der Waals surface area contributed by atoms with E-state index in [0.717, 1.165) is 0 Å². The third kappa shape index (κ3) is 0.853. The summed E-state index contributed by atoms with van der Waals surface area (Å²) in [6.07, 6.45) is 0. The van der Waals surface area contributed by atoms with Gasteiger partial charge in [0, 0.05) is 5.41 Å². The Labute approximate surface area is 93.8 Å². The van der Waals surface area contributed by atoms with E-state index in [0.29, 0.717) is 0 Å². The van der Waals surface area contributed by atoms with E-state index in [9.17, 15) is 4.79 Å². The topological polar surface area (TPSA) is 97.7 Å². The molecule has 0 aromatic rings. The van der Waals surface area contributed by atoms with Gasteiger partial charge in [0.15, 0.2) is 10.8 Å². The molecule has 1 aliphatic rings. The number of hydrogen-bond donors (Lipinski definition) is 0. The number of hydrogen-bond acceptors (Lipinski definition) is 5. The highest BCUT2D eigenvalue weighted by Crippen LogP contribution is 2.77. The molecule has 0 heterocycles. The Morgan fingerprint density at radius 2 is 1.69 bits per heavy atom. The Morgan fingerprint density at radius 1 is 1.19 bits per heavy atom. The molecule has 0 saturated heterocycles. The largest absolute Gasteiger partial charge is 0.465 e. The molecule has 5 nitrogen and oxygen atoms in total. The first-order valence-electron chi connectivity index (χ1n) is 4.82. The van der Waals surface area contributed by atoms with Crippen LogP contribution in [0.4, 0.5) is 0 Å². The predicted molar refractivity (Wildman–Crippen MR) is 52.1 cm³/mol. The summed E-state index contributed by atoms with van der Waals surface area (Å²) in [5.74, 6) is -0.786. The standard InChI is InChI=1S/C11H11N3O2/c1-4-16-8(15)11(7-14)9(2,3)10(11,5-12)6-13/h4H2,1-3H3/t11-/m1/s1. The van der Waals surface area contributed by atoms with Gasteiger partial charge in [-0.1, -0.05) is 13.8 Å². The fourth-order valence-electron chi connectivity index (χ4n) is 2.26. The molecule has 16 heavy (non-hydrogen) atoms. The van der Waals surface area contributed by atoms with Gasteiger partial charge in [-0.3, -0.25) is 4.79 Å². The monoisotopic (exact) mass is 217 g/mol. The predicted octanol–water partition coefficient (Wildman–Crippen LogP) is 1.13. The summed E-state index contributed by atoms with van der Waals surface area (Å²) in [5, 5.41) is 27.2. The van der Waals surface area contributed by atoms with Crippen LogP contribution in [0.5, 0.6) is 0 Å². The summed E-state index contributed by atoms with van der Waals surface area (Å²) in [7, 11) is 0. The number of nitriles is 3. The third-order valence-electron chi connectivity index (χ3n) is 3.46. The molecule has 1 atom stereocenters. The van der Waals surface area contributed by atoms with Crippen molar-refractivity contribution in [1.29, 1.82) is 15.8 Å². The van der Waals surface area contributed by atoms with Gasteiger partial charge in [-0.05, 0) is 6.92 Å². The van der Waals surface area contributed by atoms with Crippen LogP contribution in [0.2, 0.25) is 0 Å². The van der Waals surface area contributed by atoms with Crippen molar-refractivity contribution >= 4 is 5.97 Å². The molecule has 5 heteroatoms. The molecular formula is C11H11N3O2. The Balaban J connectivity index is 3.33. The summed E-state index contributed by atoms with van der Waals surface area (Å²) >= 11 is 0. The highest BCUT2D eigenvalue weighted by Gasteiger charge is 2.90. The number of nitrogens with zero attached hydrogens (tertiary/aromatic N) is 3. The summed E-state index contributed by atoms with van der Waals surface area (Å²) in [5.41, 5.74) is -4.29. The van der Waals surface area contributed by atoms with Gasteiger partial charge in [-0.2, -0.15) is 15.8 Å². The highest BCUT2D eigenvalue weighted by atomic mass is 16.5. The van der Waals surface area contributed by atoms with E-state index in [1.54, 1.807) is 39.0 Å². The normalized spacial score (nSPS) is 28.0. The molecule has 0 aliphatic heterocycles. The van der Waals surface area contributed by atoms with Crippen LogP contribution in [0.15, 0.2) is 0 Å².